The smallest absolute Gasteiger partial charge is 0.329 e. The van der Waals surface area contributed by atoms with E-state index in [4.69, 9.17) is 4.74 Å². The lowest BCUT2D eigenvalue weighted by atomic mass is 10.0. The first kappa shape index (κ1) is 16.2. The van der Waals surface area contributed by atoms with Crippen LogP contribution in [-0.2, 0) is 9.53 Å². The molecule has 1 aliphatic rings. The number of piperidine rings is 1. The summed E-state index contributed by atoms with van der Waals surface area (Å²) < 4.78 is 5.43. The molecule has 1 aromatic heterocycles. The summed E-state index contributed by atoms with van der Waals surface area (Å²) in [5.41, 5.74) is 1.09. The Labute approximate surface area is 142 Å². The van der Waals surface area contributed by atoms with Crippen molar-refractivity contribution in [1.82, 2.24) is 9.97 Å². The lowest BCUT2D eigenvalue weighted by Gasteiger charge is -2.33. The molecule has 1 atom stereocenters. The molecule has 1 aliphatic heterocycles. The Balaban J connectivity index is 1.57. The minimum absolute atomic E-state index is 0.208. The molecule has 1 fully saturated rings. The van der Waals surface area contributed by atoms with Crippen LogP contribution in [0.4, 0.5) is 5.95 Å². The Morgan fingerprint density at radius 1 is 1.17 bits per heavy atom. The normalized spacial score (nSPS) is 17.8. The summed E-state index contributed by atoms with van der Waals surface area (Å²) in [6, 6.07) is 11.4. The van der Waals surface area contributed by atoms with E-state index in [2.05, 4.69) is 9.97 Å². The van der Waals surface area contributed by atoms with E-state index in [1.807, 2.05) is 47.4 Å². The number of ether oxygens (including phenoxy) is 1. The standard InChI is InChI=1S/C19H21N3O2/c23-18(24-15-6-10-16-8-2-1-3-9-16)17-11-4-5-14-22(17)19-20-12-7-13-21-19/h1-3,6-10,12-13,17H,4-5,11,14-15H2/b10-6+/t17-/m1/s1. The van der Waals surface area contributed by atoms with Crippen LogP contribution >= 0.6 is 0 Å². The molecule has 1 saturated heterocycles. The third kappa shape index (κ3) is 4.19. The largest absolute Gasteiger partial charge is 0.460 e. The van der Waals surface area contributed by atoms with Gasteiger partial charge in [-0.15, -0.1) is 0 Å². The van der Waals surface area contributed by atoms with Gasteiger partial charge in [0.05, 0.1) is 0 Å². The van der Waals surface area contributed by atoms with Crippen LogP contribution in [0.3, 0.4) is 0 Å². The van der Waals surface area contributed by atoms with E-state index in [0.717, 1.165) is 31.4 Å². The second kappa shape index (κ2) is 8.24. The zero-order valence-corrected chi connectivity index (χ0v) is 13.5. The monoisotopic (exact) mass is 323 g/mol. The third-order valence-electron chi connectivity index (χ3n) is 4.02. The highest BCUT2D eigenvalue weighted by Crippen LogP contribution is 2.22. The van der Waals surface area contributed by atoms with Crippen molar-refractivity contribution in [1.29, 1.82) is 0 Å². The van der Waals surface area contributed by atoms with Crippen LogP contribution in [0.25, 0.3) is 6.08 Å². The molecule has 124 valence electrons. The fourth-order valence-corrected chi connectivity index (χ4v) is 2.83. The first-order chi connectivity index (χ1) is 11.8. The Hall–Kier alpha value is -2.69. The number of benzene rings is 1. The Morgan fingerprint density at radius 2 is 1.96 bits per heavy atom. The van der Waals surface area contributed by atoms with E-state index in [9.17, 15) is 4.79 Å². The number of aromatic nitrogens is 2. The van der Waals surface area contributed by atoms with Crippen molar-refractivity contribution in [3.05, 3.63) is 60.4 Å². The lowest BCUT2D eigenvalue weighted by molar-refractivity contribution is -0.144. The van der Waals surface area contributed by atoms with Crippen LogP contribution in [0.1, 0.15) is 24.8 Å². The van der Waals surface area contributed by atoms with Gasteiger partial charge in [-0.1, -0.05) is 36.4 Å². The van der Waals surface area contributed by atoms with E-state index in [-0.39, 0.29) is 18.6 Å². The van der Waals surface area contributed by atoms with E-state index >= 15 is 0 Å². The summed E-state index contributed by atoms with van der Waals surface area (Å²) in [7, 11) is 0. The first-order valence-electron chi connectivity index (χ1n) is 8.26. The molecule has 0 unspecified atom stereocenters. The zero-order valence-electron chi connectivity index (χ0n) is 13.5. The number of carbonyl (C=O) groups is 1. The number of nitrogens with zero attached hydrogens (tertiary/aromatic N) is 3. The maximum atomic E-state index is 12.4. The van der Waals surface area contributed by atoms with Gasteiger partial charge in [-0.2, -0.15) is 0 Å². The fraction of sp³-hybridized carbons (Fsp3) is 0.316. The average molecular weight is 323 g/mol. The number of anilines is 1. The van der Waals surface area contributed by atoms with Crippen LogP contribution in [0.5, 0.6) is 0 Å². The van der Waals surface area contributed by atoms with Gasteiger partial charge in [-0.3, -0.25) is 0 Å². The van der Waals surface area contributed by atoms with Crippen molar-refractivity contribution in [3.63, 3.8) is 0 Å². The van der Waals surface area contributed by atoms with Crippen molar-refractivity contribution in [3.8, 4) is 0 Å². The summed E-state index contributed by atoms with van der Waals surface area (Å²) in [4.78, 5) is 22.9. The molecule has 0 aliphatic carbocycles. The number of esters is 1. The SMILES string of the molecule is O=C(OC/C=C/c1ccccc1)[C@H]1CCCCN1c1ncccn1. The van der Waals surface area contributed by atoms with Gasteiger partial charge in [0.15, 0.2) is 0 Å². The van der Waals surface area contributed by atoms with Crippen LogP contribution in [0, 0.1) is 0 Å². The number of hydrogen-bond donors (Lipinski definition) is 0. The number of carbonyl (C=O) groups excluding carboxylic acids is 1. The summed E-state index contributed by atoms with van der Waals surface area (Å²) in [6.45, 7) is 1.05. The van der Waals surface area contributed by atoms with Crippen molar-refractivity contribution in [2.45, 2.75) is 25.3 Å². The van der Waals surface area contributed by atoms with Gasteiger partial charge in [0.2, 0.25) is 5.95 Å². The topological polar surface area (TPSA) is 55.3 Å². The van der Waals surface area contributed by atoms with Crippen molar-refractivity contribution < 1.29 is 9.53 Å². The lowest BCUT2D eigenvalue weighted by Crippen LogP contribution is -2.46. The van der Waals surface area contributed by atoms with Gasteiger partial charge >= 0.3 is 5.97 Å². The number of rotatable bonds is 5. The molecule has 1 aromatic carbocycles. The highest BCUT2D eigenvalue weighted by molar-refractivity contribution is 5.79. The molecule has 0 amide bonds. The van der Waals surface area contributed by atoms with Gasteiger partial charge in [-0.05, 0) is 37.0 Å². The second-order valence-electron chi connectivity index (χ2n) is 5.70. The van der Waals surface area contributed by atoms with Crippen LogP contribution in [0.15, 0.2) is 54.9 Å². The Kier molecular flexibility index (Phi) is 5.56. The summed E-state index contributed by atoms with van der Waals surface area (Å²) in [6.07, 6.45) is 10.0. The molecule has 5 nitrogen and oxygen atoms in total. The quantitative estimate of drug-likeness (QED) is 0.792. The molecular weight excluding hydrogens is 302 g/mol. The van der Waals surface area contributed by atoms with Crippen molar-refractivity contribution >= 4 is 18.0 Å². The molecule has 3 rings (SSSR count). The van der Waals surface area contributed by atoms with Crippen LogP contribution in [-0.4, -0.2) is 35.1 Å². The van der Waals surface area contributed by atoms with Crippen LogP contribution < -0.4 is 4.90 Å². The molecular formula is C19H21N3O2. The van der Waals surface area contributed by atoms with Gasteiger partial charge < -0.3 is 9.64 Å². The summed E-state index contributed by atoms with van der Waals surface area (Å²) in [5, 5.41) is 0. The fourth-order valence-electron chi connectivity index (χ4n) is 2.83. The molecule has 2 aromatic rings. The van der Waals surface area contributed by atoms with Gasteiger partial charge in [0, 0.05) is 18.9 Å². The van der Waals surface area contributed by atoms with E-state index in [1.54, 1.807) is 18.5 Å². The zero-order chi connectivity index (χ0) is 16.6. The van der Waals surface area contributed by atoms with Gasteiger partial charge in [0.25, 0.3) is 0 Å². The Morgan fingerprint density at radius 3 is 2.75 bits per heavy atom. The first-order valence-corrected chi connectivity index (χ1v) is 8.26. The molecule has 0 bridgehead atoms. The van der Waals surface area contributed by atoms with Crippen molar-refractivity contribution in [2.75, 3.05) is 18.1 Å². The molecule has 5 heteroatoms. The van der Waals surface area contributed by atoms with Gasteiger partial charge in [0.1, 0.15) is 12.6 Å². The molecule has 0 saturated carbocycles. The third-order valence-corrected chi connectivity index (χ3v) is 4.02. The van der Waals surface area contributed by atoms with Crippen LogP contribution in [0.2, 0.25) is 0 Å². The van der Waals surface area contributed by atoms with E-state index < -0.39 is 0 Å². The van der Waals surface area contributed by atoms with Gasteiger partial charge in [-0.25, -0.2) is 14.8 Å². The summed E-state index contributed by atoms with van der Waals surface area (Å²) in [5.74, 6) is 0.388. The average Bonchev–Trinajstić information content (AvgIpc) is 2.66. The van der Waals surface area contributed by atoms with E-state index in [0.29, 0.717) is 5.95 Å². The molecule has 0 N–H and O–H groups in total. The predicted octanol–water partition coefficient (Wildman–Crippen LogP) is 3.09. The molecule has 2 heterocycles. The maximum absolute atomic E-state index is 12.4. The highest BCUT2D eigenvalue weighted by atomic mass is 16.5. The summed E-state index contributed by atoms with van der Waals surface area (Å²) >= 11 is 0. The minimum atomic E-state index is -0.300. The Bertz CT molecular complexity index is 674. The molecule has 24 heavy (non-hydrogen) atoms. The second-order valence-corrected chi connectivity index (χ2v) is 5.70. The minimum Gasteiger partial charge on any atom is -0.460 e. The number of hydrogen-bond acceptors (Lipinski definition) is 5. The predicted molar refractivity (Wildman–Crippen MR) is 93.5 cm³/mol. The maximum Gasteiger partial charge on any atom is 0.329 e. The molecule has 0 spiro atoms. The highest BCUT2D eigenvalue weighted by Gasteiger charge is 2.31. The van der Waals surface area contributed by atoms with E-state index in [1.165, 1.54) is 0 Å². The van der Waals surface area contributed by atoms with Crippen molar-refractivity contribution in [2.24, 2.45) is 0 Å². The molecule has 0 radical (unpaired) electrons.